The van der Waals surface area contributed by atoms with Gasteiger partial charge in [-0.3, -0.25) is 0 Å². The molecular formula is C35H60O6Si3. The van der Waals surface area contributed by atoms with Crippen molar-refractivity contribution < 1.29 is 27.5 Å². The first-order chi connectivity index (χ1) is 19.8. The van der Waals surface area contributed by atoms with E-state index in [9.17, 15) is 0 Å². The second-order valence-corrected chi connectivity index (χ2v) is 30.4. The summed E-state index contributed by atoms with van der Waals surface area (Å²) in [6.45, 7) is 33.6. The fraction of sp³-hybridized carbons (Fsp3) is 0.600. The highest BCUT2D eigenvalue weighted by Crippen LogP contribution is 2.50. The van der Waals surface area contributed by atoms with Crippen molar-refractivity contribution in [1.82, 2.24) is 0 Å². The van der Waals surface area contributed by atoms with E-state index in [1.807, 2.05) is 24.3 Å². The van der Waals surface area contributed by atoms with Crippen LogP contribution in [0.3, 0.4) is 0 Å². The first-order valence-electron chi connectivity index (χ1n) is 15.5. The molecule has 0 aliphatic heterocycles. The molecule has 0 saturated carbocycles. The highest BCUT2D eigenvalue weighted by molar-refractivity contribution is 6.76. The average Bonchev–Trinajstić information content (AvgIpc) is 2.85. The fourth-order valence-electron chi connectivity index (χ4n) is 3.61. The highest BCUT2D eigenvalue weighted by atomic mass is 28.4. The monoisotopic (exact) mass is 660 g/mol. The molecule has 0 radical (unpaired) electrons. The molecule has 0 atom stereocenters. The molecule has 2 aromatic rings. The van der Waals surface area contributed by atoms with Crippen LogP contribution in [0.15, 0.2) is 24.3 Å². The number of hydrogen-bond donors (Lipinski definition) is 0. The van der Waals surface area contributed by atoms with Gasteiger partial charge < -0.3 is 27.5 Å². The summed E-state index contributed by atoms with van der Waals surface area (Å²) in [7, 11) is -1.66. The molecule has 0 heterocycles. The molecule has 0 amide bonds. The van der Waals surface area contributed by atoms with Crippen LogP contribution in [-0.4, -0.2) is 46.3 Å². The van der Waals surface area contributed by atoms with Crippen molar-refractivity contribution in [2.24, 2.45) is 0 Å². The fourth-order valence-corrected chi connectivity index (χ4v) is 6.65. The van der Waals surface area contributed by atoms with Gasteiger partial charge in [-0.05, 0) is 84.2 Å². The van der Waals surface area contributed by atoms with Crippen LogP contribution in [0.5, 0.6) is 34.5 Å². The van der Waals surface area contributed by atoms with Crippen molar-refractivity contribution in [2.75, 3.05) is 21.3 Å². The number of ether oxygens (including phenoxy) is 3. The second kappa shape index (κ2) is 13.2. The van der Waals surface area contributed by atoms with E-state index in [0.29, 0.717) is 28.7 Å². The third-order valence-corrected chi connectivity index (χ3v) is 22.7. The first kappa shape index (κ1) is 37.8. The molecule has 2 aromatic carbocycles. The molecule has 0 unspecified atom stereocenters. The van der Waals surface area contributed by atoms with Gasteiger partial charge in [0.2, 0.25) is 5.75 Å². The Hall–Kier alpha value is -2.37. The summed E-state index contributed by atoms with van der Waals surface area (Å²) >= 11 is 0. The Bertz CT molecular complexity index is 1330. The summed E-state index contributed by atoms with van der Waals surface area (Å²) in [6, 6.07) is 8.02. The lowest BCUT2D eigenvalue weighted by Crippen LogP contribution is -2.46. The van der Waals surface area contributed by atoms with Crippen LogP contribution < -0.4 is 27.5 Å². The van der Waals surface area contributed by atoms with Crippen LogP contribution in [0.4, 0.5) is 0 Å². The Labute approximate surface area is 271 Å². The lowest BCUT2D eigenvalue weighted by Gasteiger charge is -2.40. The Balaban J connectivity index is 2.82. The smallest absolute Gasteiger partial charge is 0.250 e. The van der Waals surface area contributed by atoms with Gasteiger partial charge in [0, 0.05) is 5.56 Å². The van der Waals surface area contributed by atoms with Gasteiger partial charge in [0.25, 0.3) is 25.0 Å². The lowest BCUT2D eigenvalue weighted by molar-refractivity contribution is 0.340. The van der Waals surface area contributed by atoms with Crippen molar-refractivity contribution in [3.8, 4) is 34.5 Å². The molecule has 0 aliphatic carbocycles. The summed E-state index contributed by atoms with van der Waals surface area (Å²) in [5, 5.41) is 0.0135. The molecule has 9 heteroatoms. The highest BCUT2D eigenvalue weighted by Gasteiger charge is 2.43. The van der Waals surface area contributed by atoms with Crippen LogP contribution >= 0.6 is 0 Å². The second-order valence-electron chi connectivity index (χ2n) is 16.2. The maximum absolute atomic E-state index is 7.07. The van der Waals surface area contributed by atoms with Gasteiger partial charge in [0.1, 0.15) is 0 Å². The number of benzene rings is 2. The molecule has 6 nitrogen and oxygen atoms in total. The van der Waals surface area contributed by atoms with E-state index in [-0.39, 0.29) is 15.1 Å². The zero-order valence-electron chi connectivity index (χ0n) is 30.9. The van der Waals surface area contributed by atoms with Crippen molar-refractivity contribution >= 4 is 37.1 Å². The molecule has 0 aliphatic rings. The van der Waals surface area contributed by atoms with Crippen LogP contribution in [0.2, 0.25) is 54.4 Å². The maximum Gasteiger partial charge on any atom is 0.250 e. The predicted octanol–water partition coefficient (Wildman–Crippen LogP) is 11.0. The average molecular weight is 661 g/mol. The van der Waals surface area contributed by atoms with Crippen LogP contribution in [0.25, 0.3) is 12.2 Å². The quantitative estimate of drug-likeness (QED) is 0.177. The first-order valence-corrected chi connectivity index (χ1v) is 24.3. The van der Waals surface area contributed by atoms with E-state index < -0.39 is 25.0 Å². The normalized spacial score (nSPS) is 13.6. The molecular weight excluding hydrogens is 601 g/mol. The van der Waals surface area contributed by atoms with Crippen molar-refractivity contribution in [1.29, 1.82) is 0 Å². The van der Waals surface area contributed by atoms with E-state index in [2.05, 4.69) is 114 Å². The molecule has 248 valence electrons. The van der Waals surface area contributed by atoms with E-state index >= 15 is 0 Å². The molecule has 2 rings (SSSR count). The zero-order valence-corrected chi connectivity index (χ0v) is 33.9. The van der Waals surface area contributed by atoms with Crippen LogP contribution in [0.1, 0.15) is 73.4 Å². The minimum Gasteiger partial charge on any atom is -0.541 e. The maximum atomic E-state index is 7.07. The largest absolute Gasteiger partial charge is 0.541 e. The molecule has 0 aromatic heterocycles. The minimum absolute atomic E-state index is 0.00169. The summed E-state index contributed by atoms with van der Waals surface area (Å²) in [5.41, 5.74) is 1.85. The molecule has 0 spiro atoms. The molecule has 0 N–H and O–H groups in total. The van der Waals surface area contributed by atoms with E-state index in [1.165, 1.54) is 0 Å². The standard InChI is InChI=1S/C35H60O6Si3/c1-33(2,3)42(13,14)39-29-24-25(23-28(37-11)31(29)38-12)19-20-26-21-22-27(36-10)32(41-44(17,18)35(7,8)9)30(26)40-43(15,16)34(4,5)6/h19-24H,1-18H3/b20-19+. The number of rotatable bonds is 11. The number of hydrogen-bond acceptors (Lipinski definition) is 6. The summed E-state index contributed by atoms with van der Waals surface area (Å²) < 4.78 is 38.2. The SMILES string of the molecule is COc1cc(/C=C/c2ccc(OC)c(O[Si](C)(C)C(C)(C)C)c2O[Si](C)(C)C(C)(C)C)cc(O[Si](C)(C)C(C)(C)C)c1OC. The van der Waals surface area contributed by atoms with Crippen LogP contribution in [-0.2, 0) is 0 Å². The molecule has 0 saturated heterocycles. The molecule has 0 fully saturated rings. The van der Waals surface area contributed by atoms with Gasteiger partial charge in [-0.25, -0.2) is 0 Å². The summed E-state index contributed by atoms with van der Waals surface area (Å²) in [6.07, 6.45) is 4.15. The Morgan fingerprint density at radius 3 is 1.34 bits per heavy atom. The van der Waals surface area contributed by atoms with Gasteiger partial charge in [-0.15, -0.1) is 0 Å². The topological polar surface area (TPSA) is 55.4 Å². The Morgan fingerprint density at radius 1 is 0.477 bits per heavy atom. The third kappa shape index (κ3) is 8.46. The van der Waals surface area contributed by atoms with E-state index in [0.717, 1.165) is 16.9 Å². The third-order valence-electron chi connectivity index (χ3n) is 9.75. The molecule has 44 heavy (non-hydrogen) atoms. The van der Waals surface area contributed by atoms with Gasteiger partial charge in [-0.2, -0.15) is 0 Å². The zero-order chi connectivity index (χ0) is 34.1. The summed E-state index contributed by atoms with van der Waals surface area (Å²) in [5.74, 6) is 4.00. The van der Waals surface area contributed by atoms with Crippen molar-refractivity contribution in [3.63, 3.8) is 0 Å². The van der Waals surface area contributed by atoms with Gasteiger partial charge >= 0.3 is 0 Å². The van der Waals surface area contributed by atoms with Gasteiger partial charge in [-0.1, -0.05) is 74.5 Å². The lowest BCUT2D eigenvalue weighted by atomic mass is 10.1. The van der Waals surface area contributed by atoms with Crippen molar-refractivity contribution in [3.05, 3.63) is 35.4 Å². The van der Waals surface area contributed by atoms with E-state index in [4.69, 9.17) is 27.5 Å². The van der Waals surface area contributed by atoms with Crippen LogP contribution in [0, 0.1) is 0 Å². The number of methoxy groups -OCH3 is 3. The Morgan fingerprint density at radius 2 is 0.909 bits per heavy atom. The molecule has 0 bridgehead atoms. The van der Waals surface area contributed by atoms with Gasteiger partial charge in [0.05, 0.1) is 21.3 Å². The van der Waals surface area contributed by atoms with Gasteiger partial charge in [0.15, 0.2) is 28.7 Å². The predicted molar refractivity (Wildman–Crippen MR) is 195 cm³/mol. The Kier molecular flexibility index (Phi) is 11.3. The minimum atomic E-state index is -2.26. The van der Waals surface area contributed by atoms with Crippen molar-refractivity contribution in [2.45, 2.75) is 117 Å². The van der Waals surface area contributed by atoms with E-state index in [1.54, 1.807) is 21.3 Å². The summed E-state index contributed by atoms with van der Waals surface area (Å²) in [4.78, 5) is 0.